The van der Waals surface area contributed by atoms with Crippen LogP contribution in [0.1, 0.15) is 5.56 Å². The average Bonchev–Trinajstić information content (AvgIpc) is 2.40. The first-order valence-corrected chi connectivity index (χ1v) is 6.13. The number of hydrogen-bond donors (Lipinski definition) is 0. The third-order valence-electron chi connectivity index (χ3n) is 2.20. The number of halogens is 2. The van der Waals surface area contributed by atoms with E-state index in [-0.39, 0.29) is 6.61 Å². The minimum Gasteiger partial charge on any atom is -0.479 e. The molecular formula is C15H10Cl2O. The van der Waals surface area contributed by atoms with Crippen molar-refractivity contribution >= 4 is 23.2 Å². The Hall–Kier alpha value is -1.62. The van der Waals surface area contributed by atoms with Crippen LogP contribution < -0.4 is 4.74 Å². The topological polar surface area (TPSA) is 9.23 Å². The summed E-state index contributed by atoms with van der Waals surface area (Å²) in [5, 5.41) is 1.12. The molecule has 2 aromatic carbocycles. The van der Waals surface area contributed by atoms with E-state index < -0.39 is 0 Å². The fourth-order valence-electron chi connectivity index (χ4n) is 1.36. The van der Waals surface area contributed by atoms with Crippen LogP contribution in [0, 0.1) is 11.8 Å². The molecule has 2 rings (SSSR count). The molecule has 0 aliphatic rings. The maximum Gasteiger partial charge on any atom is 0.149 e. The van der Waals surface area contributed by atoms with Gasteiger partial charge < -0.3 is 4.74 Å². The smallest absolute Gasteiger partial charge is 0.149 e. The Morgan fingerprint density at radius 1 is 1.00 bits per heavy atom. The van der Waals surface area contributed by atoms with E-state index in [1.807, 2.05) is 30.3 Å². The number of benzene rings is 2. The molecule has 0 unspecified atom stereocenters. The van der Waals surface area contributed by atoms with Gasteiger partial charge in [-0.25, -0.2) is 0 Å². The molecule has 2 aromatic rings. The molecule has 0 bridgehead atoms. The fraction of sp³-hybridized carbons (Fsp3) is 0.0667. The lowest BCUT2D eigenvalue weighted by molar-refractivity contribution is 0.370. The van der Waals surface area contributed by atoms with Crippen LogP contribution in [0.4, 0.5) is 0 Å². The molecule has 90 valence electrons. The van der Waals surface area contributed by atoms with Gasteiger partial charge >= 0.3 is 0 Å². The summed E-state index contributed by atoms with van der Waals surface area (Å²) < 4.78 is 5.45. The van der Waals surface area contributed by atoms with Gasteiger partial charge in [0, 0.05) is 16.7 Å². The van der Waals surface area contributed by atoms with Crippen LogP contribution in [0.5, 0.6) is 5.75 Å². The Kier molecular flexibility index (Phi) is 4.52. The highest BCUT2D eigenvalue weighted by molar-refractivity contribution is 6.34. The van der Waals surface area contributed by atoms with Crippen LogP contribution in [0.15, 0.2) is 48.5 Å². The molecule has 3 heteroatoms. The van der Waals surface area contributed by atoms with Crippen LogP contribution in [0.25, 0.3) is 0 Å². The molecule has 0 atom stereocenters. The third kappa shape index (κ3) is 3.70. The third-order valence-corrected chi connectivity index (χ3v) is 2.75. The highest BCUT2D eigenvalue weighted by Crippen LogP contribution is 2.27. The van der Waals surface area contributed by atoms with Crippen molar-refractivity contribution in [2.45, 2.75) is 0 Å². The lowest BCUT2D eigenvalue weighted by Crippen LogP contribution is -1.94. The second-order valence-electron chi connectivity index (χ2n) is 3.53. The summed E-state index contributed by atoms with van der Waals surface area (Å²) in [7, 11) is 0. The molecule has 18 heavy (non-hydrogen) atoms. The van der Waals surface area contributed by atoms with E-state index >= 15 is 0 Å². The van der Waals surface area contributed by atoms with E-state index in [0.717, 1.165) is 5.56 Å². The zero-order chi connectivity index (χ0) is 12.8. The molecule has 1 nitrogen and oxygen atoms in total. The molecule has 0 aliphatic carbocycles. The van der Waals surface area contributed by atoms with Gasteiger partial charge in [0.15, 0.2) is 0 Å². The van der Waals surface area contributed by atoms with Crippen molar-refractivity contribution in [2.24, 2.45) is 0 Å². The highest BCUT2D eigenvalue weighted by Gasteiger charge is 2.00. The van der Waals surface area contributed by atoms with E-state index in [4.69, 9.17) is 27.9 Å². The first-order valence-electron chi connectivity index (χ1n) is 5.37. The zero-order valence-electron chi connectivity index (χ0n) is 9.49. The summed E-state index contributed by atoms with van der Waals surface area (Å²) in [5.41, 5.74) is 0.957. The summed E-state index contributed by atoms with van der Waals surface area (Å²) in [4.78, 5) is 0. The first-order chi connectivity index (χ1) is 8.75. The Bertz CT molecular complexity index is 582. The van der Waals surface area contributed by atoms with Gasteiger partial charge in [0.2, 0.25) is 0 Å². The minimum absolute atomic E-state index is 0.273. The van der Waals surface area contributed by atoms with Crippen molar-refractivity contribution in [1.29, 1.82) is 0 Å². The molecule has 0 saturated heterocycles. The molecule has 0 fully saturated rings. The van der Waals surface area contributed by atoms with Gasteiger partial charge in [-0.3, -0.25) is 0 Å². The highest BCUT2D eigenvalue weighted by atomic mass is 35.5. The summed E-state index contributed by atoms with van der Waals surface area (Å²) in [6, 6.07) is 14.8. The first kappa shape index (κ1) is 12.8. The van der Waals surface area contributed by atoms with Gasteiger partial charge in [-0.15, -0.1) is 0 Å². The van der Waals surface area contributed by atoms with Crippen molar-refractivity contribution in [3.05, 3.63) is 64.1 Å². The van der Waals surface area contributed by atoms with E-state index in [2.05, 4.69) is 11.8 Å². The molecule has 0 aliphatic heterocycles. The van der Waals surface area contributed by atoms with Gasteiger partial charge in [-0.1, -0.05) is 53.2 Å². The van der Waals surface area contributed by atoms with Crippen molar-refractivity contribution in [3.63, 3.8) is 0 Å². The predicted molar refractivity (Wildman–Crippen MR) is 75.3 cm³/mol. The molecule has 0 N–H and O–H groups in total. The van der Waals surface area contributed by atoms with Crippen LogP contribution in [-0.4, -0.2) is 6.61 Å². The van der Waals surface area contributed by atoms with Crippen molar-refractivity contribution < 1.29 is 4.74 Å². The standard InChI is InChI=1S/C15H10Cl2O/c16-13-8-9-14(17)15(11-13)18-10-4-7-12-5-2-1-3-6-12/h1-3,5-6,8-9,11H,10H2. The summed E-state index contributed by atoms with van der Waals surface area (Å²) in [6.07, 6.45) is 0. The predicted octanol–water partition coefficient (Wildman–Crippen LogP) is 4.42. The largest absolute Gasteiger partial charge is 0.479 e. The maximum absolute atomic E-state index is 5.96. The minimum atomic E-state index is 0.273. The van der Waals surface area contributed by atoms with Crippen molar-refractivity contribution in [3.8, 4) is 17.6 Å². The molecule has 0 saturated carbocycles. The lowest BCUT2D eigenvalue weighted by atomic mass is 10.2. The van der Waals surface area contributed by atoms with Crippen LogP contribution in [0.3, 0.4) is 0 Å². The second-order valence-corrected chi connectivity index (χ2v) is 4.37. The van der Waals surface area contributed by atoms with E-state index in [9.17, 15) is 0 Å². The van der Waals surface area contributed by atoms with Gasteiger partial charge in [0.05, 0.1) is 5.02 Å². The SMILES string of the molecule is Clc1ccc(Cl)c(OCC#Cc2ccccc2)c1. The monoisotopic (exact) mass is 276 g/mol. The Labute approximate surface area is 116 Å². The Balaban J connectivity index is 1.97. The zero-order valence-corrected chi connectivity index (χ0v) is 11.0. The van der Waals surface area contributed by atoms with E-state index in [1.54, 1.807) is 18.2 Å². The van der Waals surface area contributed by atoms with Gasteiger partial charge in [0.1, 0.15) is 12.4 Å². The Morgan fingerprint density at radius 2 is 1.78 bits per heavy atom. The fourth-order valence-corrected chi connectivity index (χ4v) is 1.70. The van der Waals surface area contributed by atoms with Gasteiger partial charge in [-0.05, 0) is 24.3 Å². The van der Waals surface area contributed by atoms with E-state index in [1.165, 1.54) is 0 Å². The van der Waals surface area contributed by atoms with Gasteiger partial charge in [-0.2, -0.15) is 0 Å². The molecular weight excluding hydrogens is 267 g/mol. The van der Waals surface area contributed by atoms with Crippen LogP contribution >= 0.6 is 23.2 Å². The summed E-state index contributed by atoms with van der Waals surface area (Å²) in [5.74, 6) is 6.47. The lowest BCUT2D eigenvalue weighted by Gasteiger charge is -2.04. The van der Waals surface area contributed by atoms with E-state index in [0.29, 0.717) is 15.8 Å². The van der Waals surface area contributed by atoms with Crippen molar-refractivity contribution in [1.82, 2.24) is 0 Å². The quantitative estimate of drug-likeness (QED) is 0.738. The molecule has 0 aromatic heterocycles. The number of rotatable bonds is 2. The summed E-state index contributed by atoms with van der Waals surface area (Å²) >= 11 is 11.8. The number of hydrogen-bond acceptors (Lipinski definition) is 1. The number of ether oxygens (including phenoxy) is 1. The Morgan fingerprint density at radius 3 is 2.56 bits per heavy atom. The normalized spacial score (nSPS) is 9.44. The summed E-state index contributed by atoms with van der Waals surface area (Å²) in [6.45, 7) is 0.273. The van der Waals surface area contributed by atoms with Crippen LogP contribution in [0.2, 0.25) is 10.0 Å². The molecule has 0 spiro atoms. The van der Waals surface area contributed by atoms with Crippen molar-refractivity contribution in [2.75, 3.05) is 6.61 Å². The second kappa shape index (κ2) is 6.35. The average molecular weight is 277 g/mol. The molecule has 0 radical (unpaired) electrons. The molecule has 0 heterocycles. The maximum atomic E-state index is 5.96. The van der Waals surface area contributed by atoms with Crippen LogP contribution in [-0.2, 0) is 0 Å². The van der Waals surface area contributed by atoms with Gasteiger partial charge in [0.25, 0.3) is 0 Å². The molecule has 0 amide bonds.